The van der Waals surface area contributed by atoms with Crippen LogP contribution in [-0.2, 0) is 9.84 Å². The van der Waals surface area contributed by atoms with E-state index in [0.717, 1.165) is 23.1 Å². The van der Waals surface area contributed by atoms with Crippen LogP contribution in [0.4, 0.5) is 11.4 Å². The summed E-state index contributed by atoms with van der Waals surface area (Å²) < 4.78 is 27.6. The van der Waals surface area contributed by atoms with Crippen molar-refractivity contribution in [3.8, 4) is 0 Å². The van der Waals surface area contributed by atoms with Gasteiger partial charge in [0.2, 0.25) is 0 Å². The number of nitrogens with zero attached hydrogens (tertiary/aromatic N) is 1. The van der Waals surface area contributed by atoms with Crippen LogP contribution in [-0.4, -0.2) is 13.7 Å². The molecule has 2 atom stereocenters. The lowest BCUT2D eigenvalue weighted by atomic mass is 9.98. The molecular weight excluding hydrogens is 586 g/mol. The molecule has 0 saturated heterocycles. The first kappa shape index (κ1) is 28.0. The molecule has 2 aliphatic carbocycles. The third kappa shape index (κ3) is 5.39. The summed E-state index contributed by atoms with van der Waals surface area (Å²) in [5, 5.41) is 2.66. The van der Waals surface area contributed by atoms with E-state index in [1.165, 1.54) is 26.1 Å². The van der Waals surface area contributed by atoms with Gasteiger partial charge in [-0.3, -0.25) is 0 Å². The van der Waals surface area contributed by atoms with E-state index in [-0.39, 0.29) is 0 Å². The van der Waals surface area contributed by atoms with E-state index in [9.17, 15) is 8.42 Å². The molecule has 4 aromatic rings. The summed E-state index contributed by atoms with van der Waals surface area (Å²) in [6.45, 7) is 2.23. The molecule has 0 amide bonds. The quantitative estimate of drug-likeness (QED) is 0.161. The second kappa shape index (κ2) is 11.7. The van der Waals surface area contributed by atoms with Gasteiger partial charge >= 0.3 is 0 Å². The average molecular weight is 616 g/mol. The zero-order valence-electron chi connectivity index (χ0n) is 23.7. The van der Waals surface area contributed by atoms with Crippen molar-refractivity contribution in [2.45, 2.75) is 28.4 Å². The average Bonchev–Trinajstić information content (AvgIpc) is 3.05. The Morgan fingerprint density at radius 1 is 0.791 bits per heavy atom. The van der Waals surface area contributed by atoms with Gasteiger partial charge in [-0.05, 0) is 79.4 Å². The zero-order valence-corrected chi connectivity index (χ0v) is 26.2. The van der Waals surface area contributed by atoms with Crippen LogP contribution in [0.3, 0.4) is 0 Å². The molecule has 0 fully saturated rings. The number of fused-ring (bicyclic) bond motifs is 1. The van der Waals surface area contributed by atoms with Crippen molar-refractivity contribution in [1.82, 2.24) is 0 Å². The molecule has 2 unspecified atom stereocenters. The highest BCUT2D eigenvalue weighted by Gasteiger charge is 2.30. The van der Waals surface area contributed by atoms with Gasteiger partial charge in [-0.25, -0.2) is 8.42 Å². The molecule has 0 spiro atoms. The van der Waals surface area contributed by atoms with Crippen LogP contribution in [0.25, 0.3) is 0 Å². The third-order valence-electron chi connectivity index (χ3n) is 7.86. The maximum atomic E-state index is 13.8. The highest BCUT2D eigenvalue weighted by Crippen LogP contribution is 2.50. The van der Waals surface area contributed by atoms with Crippen LogP contribution in [0, 0.1) is 5.92 Å². The monoisotopic (exact) mass is 615 g/mol. The maximum absolute atomic E-state index is 13.8. The van der Waals surface area contributed by atoms with Gasteiger partial charge in [0.15, 0.2) is 9.84 Å². The molecule has 6 heteroatoms. The number of anilines is 2. The standard InChI is InChI=1S/C37H30NO2PS2/c1-27-16-25-37-35(26-27)38(34-14-8-9-15-36(34)42-37)28-17-21-32(22-18-28)43(39,40)33-23-19-31(20-24-33)41(29-10-4-2-5-11-29)30-12-6-3-7-13-30/h2-19,21-25,27,33H,26H2,1H3. The van der Waals surface area contributed by atoms with Crippen molar-refractivity contribution in [3.05, 3.63) is 161 Å². The van der Waals surface area contributed by atoms with Gasteiger partial charge in [-0.2, -0.15) is 0 Å². The third-order valence-corrected chi connectivity index (χ3v) is 13.3. The lowest BCUT2D eigenvalue weighted by Gasteiger charge is -2.37. The lowest BCUT2D eigenvalue weighted by molar-refractivity contribution is 0.594. The molecule has 1 aliphatic heterocycles. The molecule has 7 rings (SSSR count). The summed E-state index contributed by atoms with van der Waals surface area (Å²) >= 11 is 1.80. The van der Waals surface area contributed by atoms with Gasteiger partial charge in [0, 0.05) is 26.5 Å². The number of para-hydroxylation sites is 1. The van der Waals surface area contributed by atoms with Crippen molar-refractivity contribution in [2.24, 2.45) is 5.92 Å². The molecule has 212 valence electrons. The minimum atomic E-state index is -3.64. The highest BCUT2D eigenvalue weighted by molar-refractivity contribution is 8.03. The van der Waals surface area contributed by atoms with Crippen LogP contribution >= 0.6 is 19.7 Å². The Balaban J connectivity index is 1.20. The molecule has 0 N–H and O–H groups in total. The second-order valence-electron chi connectivity index (χ2n) is 10.8. The van der Waals surface area contributed by atoms with Gasteiger partial charge in [-0.1, -0.05) is 110 Å². The fourth-order valence-corrected chi connectivity index (χ4v) is 10.4. The van der Waals surface area contributed by atoms with Crippen molar-refractivity contribution < 1.29 is 8.42 Å². The molecule has 0 bridgehead atoms. The minimum absolute atomic E-state index is 0.312. The van der Waals surface area contributed by atoms with Crippen LogP contribution in [0.5, 0.6) is 0 Å². The fourth-order valence-electron chi connectivity index (χ4n) is 5.72. The first-order valence-corrected chi connectivity index (χ1v) is 18.1. The smallest absolute Gasteiger partial charge is 0.188 e. The van der Waals surface area contributed by atoms with Gasteiger partial charge in [0.1, 0.15) is 5.25 Å². The number of thioether (sulfide) groups is 1. The number of sulfone groups is 1. The lowest BCUT2D eigenvalue weighted by Crippen LogP contribution is -2.24. The first-order valence-electron chi connectivity index (χ1n) is 14.4. The molecule has 0 radical (unpaired) electrons. The van der Waals surface area contributed by atoms with Crippen LogP contribution in [0.15, 0.2) is 171 Å². The molecule has 1 heterocycles. The van der Waals surface area contributed by atoms with Crippen molar-refractivity contribution in [3.63, 3.8) is 0 Å². The molecule has 3 nitrogen and oxygen atoms in total. The predicted molar refractivity (Wildman–Crippen MR) is 182 cm³/mol. The van der Waals surface area contributed by atoms with Crippen LogP contribution in [0.2, 0.25) is 0 Å². The van der Waals surface area contributed by atoms with E-state index in [1.54, 1.807) is 36.0 Å². The first-order chi connectivity index (χ1) is 21.0. The molecule has 4 aromatic carbocycles. The minimum Gasteiger partial charge on any atom is -0.312 e. The van der Waals surface area contributed by atoms with E-state index in [0.29, 0.717) is 10.8 Å². The van der Waals surface area contributed by atoms with Crippen molar-refractivity contribution in [2.75, 3.05) is 4.90 Å². The van der Waals surface area contributed by atoms with E-state index >= 15 is 0 Å². The Hall–Kier alpha value is -3.85. The molecule has 43 heavy (non-hydrogen) atoms. The van der Waals surface area contributed by atoms with E-state index in [2.05, 4.69) is 78.2 Å². The van der Waals surface area contributed by atoms with Gasteiger partial charge < -0.3 is 4.90 Å². The van der Waals surface area contributed by atoms with E-state index < -0.39 is 23.0 Å². The SMILES string of the molecule is CC1C=CC2=C(C1)N(c1ccc(S(=O)(=O)C3C=C=C(P(c4ccccc4)c4ccccc4)C=C3)cc1)c1ccccc1S2. The highest BCUT2D eigenvalue weighted by atomic mass is 32.2. The summed E-state index contributed by atoms with van der Waals surface area (Å²) in [7, 11) is -4.48. The van der Waals surface area contributed by atoms with Gasteiger partial charge in [0.25, 0.3) is 0 Å². The number of hydrogen-bond acceptors (Lipinski definition) is 4. The molecule has 0 aromatic heterocycles. The van der Waals surface area contributed by atoms with Crippen molar-refractivity contribution >= 4 is 51.5 Å². The van der Waals surface area contributed by atoms with Crippen LogP contribution < -0.4 is 15.5 Å². The summed E-state index contributed by atoms with van der Waals surface area (Å²) in [5.74, 6) is 0.444. The number of rotatable bonds is 6. The normalized spacial score (nSPS) is 19.3. The predicted octanol–water partition coefficient (Wildman–Crippen LogP) is 8.62. The summed E-state index contributed by atoms with van der Waals surface area (Å²) in [4.78, 5) is 5.05. The summed E-state index contributed by atoms with van der Waals surface area (Å²) in [5.41, 5.74) is 6.75. The molecular formula is C37H30NO2PS2. The Labute approximate surface area is 259 Å². The summed E-state index contributed by atoms with van der Waals surface area (Å²) in [6, 6.07) is 36.5. The van der Waals surface area contributed by atoms with E-state index in [1.807, 2.05) is 54.6 Å². The Morgan fingerprint density at radius 3 is 2.09 bits per heavy atom. The topological polar surface area (TPSA) is 37.4 Å². The van der Waals surface area contributed by atoms with Crippen LogP contribution in [0.1, 0.15) is 13.3 Å². The molecule has 3 aliphatic rings. The maximum Gasteiger partial charge on any atom is 0.188 e. The van der Waals surface area contributed by atoms with E-state index in [4.69, 9.17) is 0 Å². The number of allylic oxidation sites excluding steroid dienone is 4. The summed E-state index contributed by atoms with van der Waals surface area (Å²) in [6.07, 6.45) is 10.9. The fraction of sp³-hybridized carbons (Fsp3) is 0.108. The Morgan fingerprint density at radius 2 is 1.44 bits per heavy atom. The second-order valence-corrected chi connectivity index (χ2v) is 16.2. The van der Waals surface area contributed by atoms with Gasteiger partial charge in [0.05, 0.1) is 10.6 Å². The van der Waals surface area contributed by atoms with Crippen molar-refractivity contribution in [1.29, 1.82) is 0 Å². The number of benzene rings is 4. The van der Waals surface area contributed by atoms with Gasteiger partial charge in [-0.15, -0.1) is 5.73 Å². The number of hydrogen-bond donors (Lipinski definition) is 0. The Bertz CT molecular complexity index is 1900. The molecule has 0 saturated carbocycles. The largest absolute Gasteiger partial charge is 0.312 e. The Kier molecular flexibility index (Phi) is 7.59. The zero-order chi connectivity index (χ0) is 29.4.